The fourth-order valence-electron chi connectivity index (χ4n) is 2.69. The summed E-state index contributed by atoms with van der Waals surface area (Å²) in [6.07, 6.45) is 0.450. The van der Waals surface area contributed by atoms with Gasteiger partial charge in [-0.15, -0.1) is 0 Å². The van der Waals surface area contributed by atoms with Crippen LogP contribution in [0.3, 0.4) is 0 Å². The van der Waals surface area contributed by atoms with Crippen LogP contribution in [0.5, 0.6) is 0 Å². The smallest absolute Gasteiger partial charge is 0.259 e. The molecule has 1 aromatic carbocycles. The quantitative estimate of drug-likeness (QED) is 0.928. The number of amides is 1. The number of benzene rings is 1. The number of aromatic nitrogens is 2. The maximum atomic E-state index is 13.7. The molecule has 1 aromatic heterocycles. The second-order valence-electron chi connectivity index (χ2n) is 5.61. The lowest BCUT2D eigenvalue weighted by Gasteiger charge is -2.14. The van der Waals surface area contributed by atoms with Crippen molar-refractivity contribution in [1.29, 1.82) is 0 Å². The molecule has 0 saturated carbocycles. The van der Waals surface area contributed by atoms with Gasteiger partial charge in [0.1, 0.15) is 11.6 Å². The number of rotatable bonds is 3. The van der Waals surface area contributed by atoms with Crippen LogP contribution in [0.15, 0.2) is 30.3 Å². The summed E-state index contributed by atoms with van der Waals surface area (Å²) in [5, 5.41) is 6.89. The third kappa shape index (κ3) is 3.26. The Labute approximate surface area is 133 Å². The first-order valence-electron chi connectivity index (χ1n) is 7.18. The third-order valence-electron chi connectivity index (χ3n) is 3.77. The van der Waals surface area contributed by atoms with Gasteiger partial charge in [0.25, 0.3) is 5.91 Å². The number of sulfone groups is 1. The lowest BCUT2D eigenvalue weighted by Crippen LogP contribution is -2.20. The van der Waals surface area contributed by atoms with E-state index in [1.165, 1.54) is 22.9 Å². The molecule has 1 saturated heterocycles. The van der Waals surface area contributed by atoms with Gasteiger partial charge in [0.15, 0.2) is 9.84 Å². The van der Waals surface area contributed by atoms with Gasteiger partial charge in [0.2, 0.25) is 0 Å². The molecule has 122 valence electrons. The summed E-state index contributed by atoms with van der Waals surface area (Å²) in [6.45, 7) is 1.75. The predicted octanol–water partition coefficient (Wildman–Crippen LogP) is 1.94. The van der Waals surface area contributed by atoms with Crippen molar-refractivity contribution in [2.75, 3.05) is 16.8 Å². The first-order chi connectivity index (χ1) is 10.9. The molecule has 1 aliphatic heterocycles. The molecule has 1 N–H and O–H groups in total. The van der Waals surface area contributed by atoms with Gasteiger partial charge in [0, 0.05) is 6.07 Å². The van der Waals surface area contributed by atoms with E-state index in [-0.39, 0.29) is 23.1 Å². The van der Waals surface area contributed by atoms with Crippen LogP contribution in [-0.2, 0) is 9.84 Å². The van der Waals surface area contributed by atoms with Crippen LogP contribution < -0.4 is 5.32 Å². The molecule has 0 radical (unpaired) electrons. The van der Waals surface area contributed by atoms with Gasteiger partial charge in [-0.25, -0.2) is 17.5 Å². The van der Waals surface area contributed by atoms with E-state index in [9.17, 15) is 17.6 Å². The number of aryl methyl sites for hydroxylation is 1. The Kier molecular flexibility index (Phi) is 3.93. The zero-order valence-corrected chi connectivity index (χ0v) is 13.3. The number of anilines is 1. The highest BCUT2D eigenvalue weighted by Crippen LogP contribution is 2.27. The van der Waals surface area contributed by atoms with Gasteiger partial charge in [-0.2, -0.15) is 5.10 Å². The topological polar surface area (TPSA) is 81.1 Å². The first kappa shape index (κ1) is 15.7. The minimum absolute atomic E-state index is 0.00329. The average Bonchev–Trinajstić information content (AvgIpc) is 3.01. The fraction of sp³-hybridized carbons (Fsp3) is 0.333. The maximum Gasteiger partial charge on any atom is 0.259 e. The zero-order valence-electron chi connectivity index (χ0n) is 12.5. The average molecular weight is 337 g/mol. The van der Waals surface area contributed by atoms with Crippen molar-refractivity contribution < 1.29 is 17.6 Å². The highest BCUT2D eigenvalue weighted by atomic mass is 32.2. The summed E-state index contributed by atoms with van der Waals surface area (Å²) in [5.41, 5.74) is 0.579. The molecule has 23 heavy (non-hydrogen) atoms. The number of carbonyl (C=O) groups is 1. The number of carbonyl (C=O) groups excluding carboxylic acids is 1. The van der Waals surface area contributed by atoms with E-state index in [2.05, 4.69) is 10.4 Å². The monoisotopic (exact) mass is 337 g/mol. The second kappa shape index (κ2) is 5.77. The summed E-state index contributed by atoms with van der Waals surface area (Å²) in [5.74, 6) is -0.729. The van der Waals surface area contributed by atoms with E-state index in [0.717, 1.165) is 0 Å². The molecule has 2 aromatic rings. The lowest BCUT2D eigenvalue weighted by atomic mass is 10.2. The maximum absolute atomic E-state index is 13.7. The lowest BCUT2D eigenvalue weighted by molar-refractivity contribution is 0.102. The van der Waals surface area contributed by atoms with Crippen LogP contribution in [0.1, 0.15) is 28.5 Å². The summed E-state index contributed by atoms with van der Waals surface area (Å²) in [6, 6.07) is 7.00. The van der Waals surface area contributed by atoms with Gasteiger partial charge < -0.3 is 5.32 Å². The number of nitrogens with zero attached hydrogens (tertiary/aromatic N) is 2. The van der Waals surface area contributed by atoms with E-state index in [1.54, 1.807) is 19.1 Å². The minimum Gasteiger partial charge on any atom is -0.307 e. The molecule has 1 amide bonds. The van der Waals surface area contributed by atoms with Crippen LogP contribution in [-0.4, -0.2) is 35.6 Å². The van der Waals surface area contributed by atoms with Crippen LogP contribution in [0.2, 0.25) is 0 Å². The molecule has 1 atom stereocenters. The number of nitrogens with one attached hydrogen (secondary N) is 1. The molecule has 8 heteroatoms. The Morgan fingerprint density at radius 3 is 2.78 bits per heavy atom. The fourth-order valence-corrected chi connectivity index (χ4v) is 4.38. The van der Waals surface area contributed by atoms with E-state index >= 15 is 0 Å². The Morgan fingerprint density at radius 2 is 2.13 bits per heavy atom. The molecule has 1 unspecified atom stereocenters. The molecule has 6 nitrogen and oxygen atoms in total. The number of halogens is 1. The summed E-state index contributed by atoms with van der Waals surface area (Å²) < 4.78 is 38.5. The van der Waals surface area contributed by atoms with Crippen molar-refractivity contribution in [2.24, 2.45) is 0 Å². The highest BCUT2D eigenvalue weighted by Gasteiger charge is 2.31. The van der Waals surface area contributed by atoms with Crippen molar-refractivity contribution in [1.82, 2.24) is 9.78 Å². The van der Waals surface area contributed by atoms with Crippen molar-refractivity contribution in [3.63, 3.8) is 0 Å². The Bertz CT molecular complexity index is 861. The molecule has 1 aliphatic rings. The second-order valence-corrected chi connectivity index (χ2v) is 7.84. The molecule has 2 heterocycles. The summed E-state index contributed by atoms with van der Waals surface area (Å²) >= 11 is 0. The summed E-state index contributed by atoms with van der Waals surface area (Å²) in [7, 11) is -3.07. The number of hydrogen-bond acceptors (Lipinski definition) is 4. The Hall–Kier alpha value is -2.22. The Morgan fingerprint density at radius 1 is 1.39 bits per heavy atom. The van der Waals surface area contributed by atoms with Gasteiger partial charge in [-0.1, -0.05) is 12.1 Å². The molecular formula is C15H16FN3O3S. The van der Waals surface area contributed by atoms with Crippen molar-refractivity contribution in [3.05, 3.63) is 47.4 Å². The van der Waals surface area contributed by atoms with Gasteiger partial charge >= 0.3 is 0 Å². The summed E-state index contributed by atoms with van der Waals surface area (Å²) in [4.78, 5) is 12.2. The van der Waals surface area contributed by atoms with Crippen LogP contribution >= 0.6 is 0 Å². The molecule has 0 spiro atoms. The van der Waals surface area contributed by atoms with E-state index in [0.29, 0.717) is 17.9 Å². The zero-order chi connectivity index (χ0) is 16.6. The van der Waals surface area contributed by atoms with Crippen LogP contribution in [0.25, 0.3) is 0 Å². The van der Waals surface area contributed by atoms with Gasteiger partial charge in [0.05, 0.1) is 28.8 Å². The molecule has 0 aliphatic carbocycles. The van der Waals surface area contributed by atoms with Crippen molar-refractivity contribution in [2.45, 2.75) is 19.4 Å². The van der Waals surface area contributed by atoms with Gasteiger partial charge in [-0.3, -0.25) is 4.79 Å². The predicted molar refractivity (Wildman–Crippen MR) is 83.6 cm³/mol. The molecule has 3 rings (SSSR count). The highest BCUT2D eigenvalue weighted by molar-refractivity contribution is 7.91. The molecule has 0 bridgehead atoms. The van der Waals surface area contributed by atoms with Crippen LogP contribution in [0.4, 0.5) is 10.2 Å². The SMILES string of the molecule is Cc1cc(NC(=O)c2ccccc2F)n(C2CCS(=O)(=O)C2)n1. The van der Waals surface area contributed by atoms with Crippen molar-refractivity contribution in [3.8, 4) is 0 Å². The largest absolute Gasteiger partial charge is 0.307 e. The first-order valence-corrected chi connectivity index (χ1v) is 9.00. The normalized spacial score (nSPS) is 19.7. The number of hydrogen-bond donors (Lipinski definition) is 1. The van der Waals surface area contributed by atoms with E-state index in [1.807, 2.05) is 0 Å². The molecule has 1 fully saturated rings. The van der Waals surface area contributed by atoms with E-state index in [4.69, 9.17) is 0 Å². The van der Waals surface area contributed by atoms with Crippen molar-refractivity contribution >= 4 is 21.6 Å². The molecular weight excluding hydrogens is 321 g/mol. The minimum atomic E-state index is -3.07. The third-order valence-corrected chi connectivity index (χ3v) is 5.52. The van der Waals surface area contributed by atoms with Gasteiger partial charge in [-0.05, 0) is 25.5 Å². The van der Waals surface area contributed by atoms with E-state index < -0.39 is 21.6 Å². The standard InChI is InChI=1S/C15H16FN3O3S/c1-10-8-14(17-15(20)12-4-2-3-5-13(12)16)19(18-10)11-6-7-23(21,22)9-11/h2-5,8,11H,6-7,9H2,1H3,(H,17,20). The Balaban J connectivity index is 1.87. The van der Waals surface area contributed by atoms with Crippen LogP contribution in [0, 0.1) is 12.7 Å².